The van der Waals surface area contributed by atoms with Crippen LogP contribution in [0.3, 0.4) is 0 Å². The van der Waals surface area contributed by atoms with Gasteiger partial charge in [0.15, 0.2) is 0 Å². The molecular formula is C15H17BrN2O3. The van der Waals surface area contributed by atoms with Crippen LogP contribution in [0.2, 0.25) is 0 Å². The van der Waals surface area contributed by atoms with E-state index in [1.807, 2.05) is 12.1 Å². The monoisotopic (exact) mass is 352 g/mol. The van der Waals surface area contributed by atoms with Crippen LogP contribution in [-0.4, -0.2) is 42.5 Å². The second-order valence-corrected chi connectivity index (χ2v) is 6.25. The SMILES string of the molecule is COc1cc(N2C(=O)C3CCCN3C(=O)C2C)ccc1Br. The minimum absolute atomic E-state index is 0.00368. The Bertz CT molecular complexity index is 605. The van der Waals surface area contributed by atoms with E-state index in [2.05, 4.69) is 15.9 Å². The number of hydrogen-bond donors (Lipinski definition) is 0. The number of piperazine rings is 1. The van der Waals surface area contributed by atoms with Gasteiger partial charge in [0, 0.05) is 18.3 Å². The molecule has 2 unspecified atom stereocenters. The molecule has 0 saturated carbocycles. The van der Waals surface area contributed by atoms with Crippen molar-refractivity contribution >= 4 is 33.4 Å². The summed E-state index contributed by atoms with van der Waals surface area (Å²) in [4.78, 5) is 28.5. The summed E-state index contributed by atoms with van der Waals surface area (Å²) in [6, 6.07) is 4.68. The average molecular weight is 353 g/mol. The number of methoxy groups -OCH3 is 1. The zero-order valence-corrected chi connectivity index (χ0v) is 13.6. The molecule has 2 heterocycles. The van der Waals surface area contributed by atoms with E-state index >= 15 is 0 Å². The Morgan fingerprint density at radius 3 is 2.76 bits per heavy atom. The average Bonchev–Trinajstić information content (AvgIpc) is 2.96. The van der Waals surface area contributed by atoms with Crippen LogP contribution in [0.1, 0.15) is 19.8 Å². The van der Waals surface area contributed by atoms with Crippen LogP contribution in [0.4, 0.5) is 5.69 Å². The molecule has 0 radical (unpaired) electrons. The quantitative estimate of drug-likeness (QED) is 0.819. The highest BCUT2D eigenvalue weighted by molar-refractivity contribution is 9.10. The molecule has 0 N–H and O–H groups in total. The van der Waals surface area contributed by atoms with Crippen molar-refractivity contribution in [3.8, 4) is 5.75 Å². The molecule has 0 bridgehead atoms. The molecule has 112 valence electrons. The Labute approximate surface area is 132 Å². The van der Waals surface area contributed by atoms with Crippen molar-refractivity contribution in [2.24, 2.45) is 0 Å². The summed E-state index contributed by atoms with van der Waals surface area (Å²) in [7, 11) is 1.58. The molecule has 0 spiro atoms. The highest BCUT2D eigenvalue weighted by Crippen LogP contribution is 2.34. The van der Waals surface area contributed by atoms with Gasteiger partial charge in [0.1, 0.15) is 17.8 Å². The third-order valence-electron chi connectivity index (χ3n) is 4.22. The second-order valence-electron chi connectivity index (χ2n) is 5.39. The number of anilines is 1. The normalized spacial score (nSPS) is 25.3. The summed E-state index contributed by atoms with van der Waals surface area (Å²) >= 11 is 3.40. The van der Waals surface area contributed by atoms with Gasteiger partial charge in [-0.15, -0.1) is 0 Å². The predicted octanol–water partition coefficient (Wildman–Crippen LogP) is 2.18. The van der Waals surface area contributed by atoms with E-state index < -0.39 is 6.04 Å². The summed E-state index contributed by atoms with van der Waals surface area (Å²) in [5.41, 5.74) is 0.701. The van der Waals surface area contributed by atoms with Gasteiger partial charge in [-0.2, -0.15) is 0 Å². The van der Waals surface area contributed by atoms with Crippen molar-refractivity contribution in [3.63, 3.8) is 0 Å². The van der Waals surface area contributed by atoms with Crippen molar-refractivity contribution in [1.29, 1.82) is 0 Å². The maximum absolute atomic E-state index is 12.7. The van der Waals surface area contributed by atoms with E-state index in [4.69, 9.17) is 4.74 Å². The molecule has 21 heavy (non-hydrogen) atoms. The minimum Gasteiger partial charge on any atom is -0.495 e. The third-order valence-corrected chi connectivity index (χ3v) is 4.87. The molecule has 1 aromatic rings. The second kappa shape index (κ2) is 5.33. The molecule has 2 aliphatic heterocycles. The summed E-state index contributed by atoms with van der Waals surface area (Å²) in [6.07, 6.45) is 1.65. The van der Waals surface area contributed by atoms with Crippen molar-refractivity contribution in [2.75, 3.05) is 18.6 Å². The van der Waals surface area contributed by atoms with Crippen molar-refractivity contribution in [1.82, 2.24) is 4.90 Å². The van der Waals surface area contributed by atoms with Gasteiger partial charge < -0.3 is 9.64 Å². The number of carbonyl (C=O) groups excluding carboxylic acids is 2. The molecule has 2 saturated heterocycles. The first-order valence-electron chi connectivity index (χ1n) is 7.01. The molecule has 5 nitrogen and oxygen atoms in total. The largest absolute Gasteiger partial charge is 0.495 e. The number of benzene rings is 1. The standard InChI is InChI=1S/C15H17BrN2O3/c1-9-14(19)17-7-3-4-12(17)15(20)18(9)10-5-6-11(16)13(8-10)21-2/h5-6,8-9,12H,3-4,7H2,1-2H3. The lowest BCUT2D eigenvalue weighted by atomic mass is 10.0. The maximum Gasteiger partial charge on any atom is 0.250 e. The van der Waals surface area contributed by atoms with Crippen LogP contribution in [0, 0.1) is 0 Å². The fourth-order valence-corrected chi connectivity index (χ4v) is 3.55. The van der Waals surface area contributed by atoms with Gasteiger partial charge in [-0.05, 0) is 47.8 Å². The van der Waals surface area contributed by atoms with Crippen molar-refractivity contribution in [3.05, 3.63) is 22.7 Å². The van der Waals surface area contributed by atoms with Gasteiger partial charge in [0.25, 0.3) is 5.91 Å². The number of ether oxygens (including phenoxy) is 1. The molecule has 2 fully saturated rings. The van der Waals surface area contributed by atoms with Gasteiger partial charge in [0.05, 0.1) is 11.6 Å². The molecular weight excluding hydrogens is 336 g/mol. The van der Waals surface area contributed by atoms with Crippen LogP contribution < -0.4 is 9.64 Å². The lowest BCUT2D eigenvalue weighted by Gasteiger charge is -2.40. The first kappa shape index (κ1) is 14.4. The topological polar surface area (TPSA) is 49.9 Å². The fraction of sp³-hybridized carbons (Fsp3) is 0.467. The number of amides is 2. The van der Waals surface area contributed by atoms with E-state index in [-0.39, 0.29) is 17.9 Å². The lowest BCUT2D eigenvalue weighted by Crippen LogP contribution is -2.62. The summed E-state index contributed by atoms with van der Waals surface area (Å²) in [5, 5.41) is 0. The molecule has 0 aromatic heterocycles. The van der Waals surface area contributed by atoms with E-state index in [0.29, 0.717) is 18.0 Å². The number of halogens is 1. The molecule has 2 atom stereocenters. The Kier molecular flexibility index (Phi) is 3.65. The van der Waals surface area contributed by atoms with E-state index in [1.54, 1.807) is 29.9 Å². The lowest BCUT2D eigenvalue weighted by molar-refractivity contribution is -0.143. The first-order chi connectivity index (χ1) is 10.0. The van der Waals surface area contributed by atoms with E-state index in [1.165, 1.54) is 0 Å². The number of hydrogen-bond acceptors (Lipinski definition) is 3. The number of nitrogens with zero attached hydrogens (tertiary/aromatic N) is 2. The van der Waals surface area contributed by atoms with Gasteiger partial charge in [-0.25, -0.2) is 0 Å². The summed E-state index contributed by atoms with van der Waals surface area (Å²) in [6.45, 7) is 2.47. The Morgan fingerprint density at radius 2 is 2.05 bits per heavy atom. The molecule has 2 aliphatic rings. The van der Waals surface area contributed by atoms with Crippen molar-refractivity contribution < 1.29 is 14.3 Å². The number of fused-ring (bicyclic) bond motifs is 1. The number of carbonyl (C=O) groups is 2. The number of rotatable bonds is 2. The highest BCUT2D eigenvalue weighted by atomic mass is 79.9. The summed E-state index contributed by atoms with van der Waals surface area (Å²) < 4.78 is 6.10. The fourth-order valence-electron chi connectivity index (χ4n) is 3.14. The smallest absolute Gasteiger partial charge is 0.250 e. The molecule has 1 aromatic carbocycles. The molecule has 6 heteroatoms. The Hall–Kier alpha value is -1.56. The first-order valence-corrected chi connectivity index (χ1v) is 7.81. The van der Waals surface area contributed by atoms with Crippen LogP contribution in [0.25, 0.3) is 0 Å². The Morgan fingerprint density at radius 1 is 1.29 bits per heavy atom. The van der Waals surface area contributed by atoms with Crippen LogP contribution in [0.5, 0.6) is 5.75 Å². The molecule has 2 amide bonds. The van der Waals surface area contributed by atoms with Gasteiger partial charge in [0.2, 0.25) is 5.91 Å². The minimum atomic E-state index is -0.474. The van der Waals surface area contributed by atoms with Gasteiger partial charge in [-0.3, -0.25) is 14.5 Å². The van der Waals surface area contributed by atoms with E-state index in [9.17, 15) is 9.59 Å². The predicted molar refractivity (Wildman–Crippen MR) is 82.4 cm³/mol. The summed E-state index contributed by atoms with van der Waals surface area (Å²) in [5.74, 6) is 0.678. The van der Waals surface area contributed by atoms with Gasteiger partial charge in [-0.1, -0.05) is 0 Å². The third kappa shape index (κ3) is 2.21. The van der Waals surface area contributed by atoms with Crippen molar-refractivity contribution in [2.45, 2.75) is 31.8 Å². The van der Waals surface area contributed by atoms with Crippen LogP contribution in [-0.2, 0) is 9.59 Å². The molecule has 0 aliphatic carbocycles. The van der Waals surface area contributed by atoms with Crippen LogP contribution in [0.15, 0.2) is 22.7 Å². The zero-order chi connectivity index (χ0) is 15.1. The molecule has 3 rings (SSSR count). The van der Waals surface area contributed by atoms with E-state index in [0.717, 1.165) is 17.3 Å². The van der Waals surface area contributed by atoms with Crippen LogP contribution >= 0.6 is 15.9 Å². The highest BCUT2D eigenvalue weighted by Gasteiger charge is 2.46. The zero-order valence-electron chi connectivity index (χ0n) is 12.0. The maximum atomic E-state index is 12.7. The Balaban J connectivity index is 2.00. The van der Waals surface area contributed by atoms with Gasteiger partial charge >= 0.3 is 0 Å².